The van der Waals surface area contributed by atoms with E-state index < -0.39 is 12.0 Å². The minimum atomic E-state index is -0.928. The van der Waals surface area contributed by atoms with Gasteiger partial charge in [-0.15, -0.1) is 0 Å². The zero-order valence-corrected chi connectivity index (χ0v) is 15.1. The Morgan fingerprint density at radius 2 is 1.96 bits per heavy atom. The molecule has 0 bridgehead atoms. The van der Waals surface area contributed by atoms with Gasteiger partial charge in [0.05, 0.1) is 17.2 Å². The molecule has 3 atom stereocenters. The fourth-order valence-electron chi connectivity index (χ4n) is 4.65. The molecular formula is C20H23N3O4. The first-order chi connectivity index (χ1) is 13.1. The highest BCUT2D eigenvalue weighted by Gasteiger charge is 2.47. The van der Waals surface area contributed by atoms with Gasteiger partial charge in [0, 0.05) is 19.0 Å². The van der Waals surface area contributed by atoms with Crippen LogP contribution in [0.5, 0.6) is 0 Å². The lowest BCUT2D eigenvalue weighted by molar-refractivity contribution is -0.150. The number of benzene rings is 1. The molecule has 1 saturated carbocycles. The standard InChI is InChI=1S/C20H23N3O4/c24-18(23-16-8-4-1-5-13(16)11-17(23)20(26)27)9-10-22-12-21-15-7-3-2-6-14(15)19(22)25/h2-3,6-7,12-13,16-17H,1,4-5,8-11H2,(H,26,27)/t13-,16-,17+/m1/s1. The van der Waals surface area contributed by atoms with Gasteiger partial charge < -0.3 is 10.0 Å². The van der Waals surface area contributed by atoms with Crippen LogP contribution < -0.4 is 5.56 Å². The van der Waals surface area contributed by atoms with Gasteiger partial charge in [-0.05, 0) is 37.3 Å². The van der Waals surface area contributed by atoms with Gasteiger partial charge in [-0.3, -0.25) is 14.2 Å². The van der Waals surface area contributed by atoms with E-state index >= 15 is 0 Å². The zero-order valence-electron chi connectivity index (χ0n) is 15.1. The highest BCUT2D eigenvalue weighted by Crippen LogP contribution is 2.40. The van der Waals surface area contributed by atoms with Crippen molar-refractivity contribution in [3.8, 4) is 0 Å². The van der Waals surface area contributed by atoms with E-state index in [0.717, 1.165) is 25.7 Å². The number of carbonyl (C=O) groups is 2. The Morgan fingerprint density at radius 3 is 2.78 bits per heavy atom. The second-order valence-electron chi connectivity index (χ2n) is 7.51. The Labute approximate surface area is 156 Å². The average Bonchev–Trinajstić information content (AvgIpc) is 3.07. The fourth-order valence-corrected chi connectivity index (χ4v) is 4.65. The number of carbonyl (C=O) groups excluding carboxylic acids is 1. The van der Waals surface area contributed by atoms with Crippen LogP contribution in [0.25, 0.3) is 10.9 Å². The molecule has 1 N–H and O–H groups in total. The van der Waals surface area contributed by atoms with Crippen molar-refractivity contribution in [2.45, 2.75) is 57.2 Å². The van der Waals surface area contributed by atoms with Crippen LogP contribution in [0.4, 0.5) is 0 Å². The molecule has 1 saturated heterocycles. The van der Waals surface area contributed by atoms with E-state index in [1.807, 2.05) is 6.07 Å². The maximum atomic E-state index is 12.9. The van der Waals surface area contributed by atoms with Gasteiger partial charge in [-0.2, -0.15) is 0 Å². The van der Waals surface area contributed by atoms with Crippen LogP contribution in [0.3, 0.4) is 0 Å². The molecule has 1 aromatic carbocycles. The Balaban J connectivity index is 1.52. The third-order valence-corrected chi connectivity index (χ3v) is 5.96. The number of para-hydroxylation sites is 1. The lowest BCUT2D eigenvalue weighted by Crippen LogP contribution is -2.46. The van der Waals surface area contributed by atoms with Crippen molar-refractivity contribution in [1.29, 1.82) is 0 Å². The molecule has 7 heteroatoms. The van der Waals surface area contributed by atoms with Gasteiger partial charge in [0.1, 0.15) is 6.04 Å². The van der Waals surface area contributed by atoms with Gasteiger partial charge in [-0.1, -0.05) is 25.0 Å². The van der Waals surface area contributed by atoms with Crippen LogP contribution >= 0.6 is 0 Å². The fraction of sp³-hybridized carbons (Fsp3) is 0.500. The predicted molar refractivity (Wildman–Crippen MR) is 99.3 cm³/mol. The van der Waals surface area contributed by atoms with Crippen molar-refractivity contribution >= 4 is 22.8 Å². The third kappa shape index (κ3) is 3.22. The van der Waals surface area contributed by atoms with Crippen molar-refractivity contribution in [3.63, 3.8) is 0 Å². The van der Waals surface area contributed by atoms with Gasteiger partial charge >= 0.3 is 5.97 Å². The largest absolute Gasteiger partial charge is 0.480 e. The lowest BCUT2D eigenvalue weighted by atomic mass is 9.84. The first kappa shape index (κ1) is 17.7. The van der Waals surface area contributed by atoms with E-state index in [0.29, 0.717) is 17.3 Å². The first-order valence-corrected chi connectivity index (χ1v) is 9.54. The van der Waals surface area contributed by atoms with Gasteiger partial charge in [0.2, 0.25) is 5.91 Å². The molecule has 2 aromatic rings. The highest BCUT2D eigenvalue weighted by molar-refractivity contribution is 5.85. The van der Waals surface area contributed by atoms with E-state index in [1.54, 1.807) is 23.1 Å². The van der Waals surface area contributed by atoms with E-state index in [2.05, 4.69) is 4.98 Å². The Kier molecular flexibility index (Phi) is 4.68. The molecular weight excluding hydrogens is 346 g/mol. The summed E-state index contributed by atoms with van der Waals surface area (Å²) in [5, 5.41) is 10.1. The first-order valence-electron chi connectivity index (χ1n) is 9.54. The zero-order chi connectivity index (χ0) is 19.0. The number of fused-ring (bicyclic) bond motifs is 2. The quantitative estimate of drug-likeness (QED) is 0.890. The minimum Gasteiger partial charge on any atom is -0.480 e. The SMILES string of the molecule is O=C(O)[C@@H]1C[C@H]2CCCC[C@H]2N1C(=O)CCn1cnc2ccccc2c1=O. The van der Waals surface area contributed by atoms with Crippen molar-refractivity contribution in [2.24, 2.45) is 5.92 Å². The molecule has 142 valence electrons. The predicted octanol–water partition coefficient (Wildman–Crippen LogP) is 2.03. The van der Waals surface area contributed by atoms with Crippen molar-refractivity contribution in [3.05, 3.63) is 40.9 Å². The molecule has 7 nitrogen and oxygen atoms in total. The summed E-state index contributed by atoms with van der Waals surface area (Å²) < 4.78 is 1.43. The molecule has 0 spiro atoms. The molecule has 1 aliphatic heterocycles. The van der Waals surface area contributed by atoms with Gasteiger partial charge in [0.25, 0.3) is 5.56 Å². The number of carboxylic acids is 1. The molecule has 1 amide bonds. The van der Waals surface area contributed by atoms with Gasteiger partial charge in [-0.25, -0.2) is 9.78 Å². The van der Waals surface area contributed by atoms with E-state index in [1.165, 1.54) is 10.9 Å². The molecule has 2 heterocycles. The monoisotopic (exact) mass is 369 g/mol. The van der Waals surface area contributed by atoms with E-state index in [9.17, 15) is 19.5 Å². The Morgan fingerprint density at radius 1 is 1.19 bits per heavy atom. The summed E-state index contributed by atoms with van der Waals surface area (Å²) >= 11 is 0. The summed E-state index contributed by atoms with van der Waals surface area (Å²) in [6, 6.07) is 6.39. The number of aromatic nitrogens is 2. The normalized spacial score (nSPS) is 24.7. The number of carboxylic acid groups (broad SMARTS) is 1. The maximum absolute atomic E-state index is 12.9. The van der Waals surface area contributed by atoms with Gasteiger partial charge in [0.15, 0.2) is 0 Å². The van der Waals surface area contributed by atoms with Crippen LogP contribution in [-0.2, 0) is 16.1 Å². The molecule has 0 unspecified atom stereocenters. The number of amides is 1. The lowest BCUT2D eigenvalue weighted by Gasteiger charge is -2.33. The summed E-state index contributed by atoms with van der Waals surface area (Å²) in [7, 11) is 0. The maximum Gasteiger partial charge on any atom is 0.326 e. The van der Waals surface area contributed by atoms with Crippen molar-refractivity contribution in [2.75, 3.05) is 0 Å². The van der Waals surface area contributed by atoms with Crippen LogP contribution in [0.15, 0.2) is 35.4 Å². The summed E-state index contributed by atoms with van der Waals surface area (Å²) in [6.07, 6.45) is 6.11. The van der Waals surface area contributed by atoms with Crippen LogP contribution in [-0.4, -0.2) is 43.5 Å². The number of aryl methyl sites for hydroxylation is 1. The minimum absolute atomic E-state index is 0.0267. The smallest absolute Gasteiger partial charge is 0.326 e. The van der Waals surface area contributed by atoms with E-state index in [-0.39, 0.29) is 36.4 Å². The van der Waals surface area contributed by atoms with Crippen molar-refractivity contribution in [1.82, 2.24) is 14.5 Å². The number of rotatable bonds is 4. The molecule has 2 aliphatic rings. The van der Waals surface area contributed by atoms with Crippen molar-refractivity contribution < 1.29 is 14.7 Å². The number of aliphatic carboxylic acids is 1. The average molecular weight is 369 g/mol. The van der Waals surface area contributed by atoms with Crippen LogP contribution in [0.2, 0.25) is 0 Å². The number of hydrogen-bond acceptors (Lipinski definition) is 4. The second kappa shape index (κ2) is 7.13. The summed E-state index contributed by atoms with van der Waals surface area (Å²) in [6.45, 7) is 0.204. The topological polar surface area (TPSA) is 92.5 Å². The number of nitrogens with zero attached hydrogens (tertiary/aromatic N) is 3. The summed E-state index contributed by atoms with van der Waals surface area (Å²) in [5.74, 6) is -0.826. The Bertz CT molecular complexity index is 938. The summed E-state index contributed by atoms with van der Waals surface area (Å²) in [4.78, 5) is 43.0. The molecule has 1 aromatic heterocycles. The molecule has 4 rings (SSSR count). The highest BCUT2D eigenvalue weighted by atomic mass is 16.4. The molecule has 0 radical (unpaired) electrons. The molecule has 27 heavy (non-hydrogen) atoms. The second-order valence-corrected chi connectivity index (χ2v) is 7.51. The molecule has 1 aliphatic carbocycles. The third-order valence-electron chi connectivity index (χ3n) is 5.96. The van der Waals surface area contributed by atoms with Crippen LogP contribution in [0, 0.1) is 5.92 Å². The van der Waals surface area contributed by atoms with Crippen LogP contribution in [0.1, 0.15) is 38.5 Å². The summed E-state index contributed by atoms with van der Waals surface area (Å²) in [5.41, 5.74) is 0.445. The Hall–Kier alpha value is -2.70. The molecule has 2 fully saturated rings. The van der Waals surface area contributed by atoms with E-state index in [4.69, 9.17) is 0 Å². The number of likely N-dealkylation sites (tertiary alicyclic amines) is 1. The number of hydrogen-bond donors (Lipinski definition) is 1.